The van der Waals surface area contributed by atoms with E-state index in [9.17, 15) is 0 Å². The number of benzene rings is 2. The highest BCUT2D eigenvalue weighted by Crippen LogP contribution is 2.07. The molecule has 0 spiro atoms. The highest BCUT2D eigenvalue weighted by Gasteiger charge is 2.02. The van der Waals surface area contributed by atoms with Gasteiger partial charge in [0.05, 0.1) is 0 Å². The molecule has 2 aromatic rings. The van der Waals surface area contributed by atoms with Crippen molar-refractivity contribution in [2.45, 2.75) is 39.3 Å². The van der Waals surface area contributed by atoms with Crippen LogP contribution in [-0.2, 0) is 19.4 Å². The number of nitrogens with one attached hydrogen (secondary N) is 1. The largest absolute Gasteiger partial charge is 0.310 e. The number of rotatable bonds is 6. The van der Waals surface area contributed by atoms with Crippen LogP contribution in [-0.4, -0.2) is 6.04 Å². The molecule has 0 aliphatic carbocycles. The van der Waals surface area contributed by atoms with Gasteiger partial charge in [0.1, 0.15) is 0 Å². The first-order valence-electron chi connectivity index (χ1n) is 7.13. The van der Waals surface area contributed by atoms with Crippen LogP contribution in [0.5, 0.6) is 0 Å². The molecule has 1 unspecified atom stereocenters. The fourth-order valence-corrected chi connectivity index (χ4v) is 2.22. The smallest absolute Gasteiger partial charge is 0.0208 e. The van der Waals surface area contributed by atoms with E-state index in [2.05, 4.69) is 73.8 Å². The number of hydrogen-bond donors (Lipinski definition) is 1. The van der Waals surface area contributed by atoms with Gasteiger partial charge < -0.3 is 5.32 Å². The van der Waals surface area contributed by atoms with Gasteiger partial charge in [-0.3, -0.25) is 0 Å². The monoisotopic (exact) mass is 253 g/mol. The predicted octanol–water partition coefficient (Wildman–Crippen LogP) is 3.97. The Kier molecular flexibility index (Phi) is 5.17. The molecule has 0 aliphatic heterocycles. The molecule has 100 valence electrons. The maximum Gasteiger partial charge on any atom is 0.0208 e. The van der Waals surface area contributed by atoms with Crippen LogP contribution in [0, 0.1) is 0 Å². The lowest BCUT2D eigenvalue weighted by Gasteiger charge is -2.14. The van der Waals surface area contributed by atoms with Crippen LogP contribution in [0.4, 0.5) is 0 Å². The maximum atomic E-state index is 3.58. The van der Waals surface area contributed by atoms with Crippen molar-refractivity contribution in [2.75, 3.05) is 0 Å². The molecule has 0 aliphatic rings. The molecule has 2 aromatic carbocycles. The highest BCUT2D eigenvalue weighted by atomic mass is 14.9. The van der Waals surface area contributed by atoms with Gasteiger partial charge in [-0.05, 0) is 36.5 Å². The predicted molar refractivity (Wildman–Crippen MR) is 82.3 cm³/mol. The zero-order chi connectivity index (χ0) is 13.5. The van der Waals surface area contributed by atoms with Crippen molar-refractivity contribution < 1.29 is 0 Å². The molecule has 0 saturated carbocycles. The standard InChI is InChI=1S/C18H23N/c1-3-16-9-11-18(12-10-16)14-19-15(2)13-17-7-5-4-6-8-17/h4-12,15,19H,3,13-14H2,1-2H3. The van der Waals surface area contributed by atoms with Crippen molar-refractivity contribution in [3.05, 3.63) is 71.3 Å². The second kappa shape index (κ2) is 7.10. The minimum Gasteiger partial charge on any atom is -0.310 e. The molecular weight excluding hydrogens is 230 g/mol. The minimum absolute atomic E-state index is 0.494. The Labute approximate surface area is 116 Å². The van der Waals surface area contributed by atoms with E-state index in [4.69, 9.17) is 0 Å². The Bertz CT molecular complexity index is 473. The summed E-state index contributed by atoms with van der Waals surface area (Å²) in [6.45, 7) is 5.38. The molecule has 0 heterocycles. The Morgan fingerprint density at radius 1 is 0.842 bits per heavy atom. The average molecular weight is 253 g/mol. The molecule has 0 amide bonds. The van der Waals surface area contributed by atoms with Crippen molar-refractivity contribution in [1.29, 1.82) is 0 Å². The van der Waals surface area contributed by atoms with Crippen molar-refractivity contribution in [2.24, 2.45) is 0 Å². The summed E-state index contributed by atoms with van der Waals surface area (Å²) >= 11 is 0. The Morgan fingerprint density at radius 3 is 2.11 bits per heavy atom. The Hall–Kier alpha value is -1.60. The zero-order valence-corrected chi connectivity index (χ0v) is 11.9. The van der Waals surface area contributed by atoms with Gasteiger partial charge in [0.2, 0.25) is 0 Å². The first-order chi connectivity index (χ1) is 9.28. The lowest BCUT2D eigenvalue weighted by Crippen LogP contribution is -2.27. The van der Waals surface area contributed by atoms with Gasteiger partial charge >= 0.3 is 0 Å². The van der Waals surface area contributed by atoms with Crippen molar-refractivity contribution >= 4 is 0 Å². The summed E-state index contributed by atoms with van der Waals surface area (Å²) in [7, 11) is 0. The lowest BCUT2D eigenvalue weighted by atomic mass is 10.1. The van der Waals surface area contributed by atoms with E-state index in [0.717, 1.165) is 19.4 Å². The summed E-state index contributed by atoms with van der Waals surface area (Å²) in [6.07, 6.45) is 2.19. The van der Waals surface area contributed by atoms with E-state index in [1.807, 2.05) is 0 Å². The topological polar surface area (TPSA) is 12.0 Å². The number of aryl methyl sites for hydroxylation is 1. The van der Waals surface area contributed by atoms with Gasteiger partial charge in [-0.15, -0.1) is 0 Å². The maximum absolute atomic E-state index is 3.58. The molecular formula is C18H23N. The van der Waals surface area contributed by atoms with E-state index in [1.54, 1.807) is 0 Å². The van der Waals surface area contributed by atoms with Gasteiger partial charge in [0, 0.05) is 12.6 Å². The van der Waals surface area contributed by atoms with Crippen LogP contribution in [0.15, 0.2) is 54.6 Å². The third-order valence-corrected chi connectivity index (χ3v) is 3.47. The molecule has 0 bridgehead atoms. The summed E-state index contributed by atoms with van der Waals surface area (Å²) in [5.41, 5.74) is 4.15. The molecule has 0 fully saturated rings. The number of hydrogen-bond acceptors (Lipinski definition) is 1. The van der Waals surface area contributed by atoms with Crippen molar-refractivity contribution in [3.63, 3.8) is 0 Å². The third-order valence-electron chi connectivity index (χ3n) is 3.47. The van der Waals surface area contributed by atoms with Crippen molar-refractivity contribution in [3.8, 4) is 0 Å². The second-order valence-electron chi connectivity index (χ2n) is 5.14. The lowest BCUT2D eigenvalue weighted by molar-refractivity contribution is 0.545. The van der Waals surface area contributed by atoms with Crippen LogP contribution >= 0.6 is 0 Å². The molecule has 1 nitrogen and oxygen atoms in total. The van der Waals surface area contributed by atoms with Gasteiger partial charge in [0.15, 0.2) is 0 Å². The van der Waals surface area contributed by atoms with E-state index in [-0.39, 0.29) is 0 Å². The van der Waals surface area contributed by atoms with Crippen LogP contribution in [0.1, 0.15) is 30.5 Å². The highest BCUT2D eigenvalue weighted by molar-refractivity contribution is 5.22. The van der Waals surface area contributed by atoms with E-state index < -0.39 is 0 Å². The normalized spacial score (nSPS) is 12.3. The first kappa shape index (κ1) is 13.8. The first-order valence-corrected chi connectivity index (χ1v) is 7.13. The fraction of sp³-hybridized carbons (Fsp3) is 0.333. The van der Waals surface area contributed by atoms with Crippen LogP contribution in [0.3, 0.4) is 0 Å². The zero-order valence-electron chi connectivity index (χ0n) is 11.9. The van der Waals surface area contributed by atoms with Crippen LogP contribution < -0.4 is 5.32 Å². The fourth-order valence-electron chi connectivity index (χ4n) is 2.22. The summed E-state index contributed by atoms with van der Waals surface area (Å²) < 4.78 is 0. The molecule has 2 rings (SSSR count). The van der Waals surface area contributed by atoms with Crippen molar-refractivity contribution in [1.82, 2.24) is 5.32 Å². The molecule has 1 N–H and O–H groups in total. The quantitative estimate of drug-likeness (QED) is 0.821. The van der Waals surface area contributed by atoms with Gasteiger partial charge in [0.25, 0.3) is 0 Å². The summed E-state index contributed by atoms with van der Waals surface area (Å²) in [5, 5.41) is 3.58. The molecule has 0 aromatic heterocycles. The van der Waals surface area contributed by atoms with Crippen LogP contribution in [0.2, 0.25) is 0 Å². The molecule has 1 atom stereocenters. The second-order valence-corrected chi connectivity index (χ2v) is 5.14. The van der Waals surface area contributed by atoms with Gasteiger partial charge in [-0.25, -0.2) is 0 Å². The van der Waals surface area contributed by atoms with E-state index in [1.165, 1.54) is 16.7 Å². The summed E-state index contributed by atoms with van der Waals surface area (Å²) in [5.74, 6) is 0. The Morgan fingerprint density at radius 2 is 1.47 bits per heavy atom. The molecule has 19 heavy (non-hydrogen) atoms. The molecule has 0 radical (unpaired) electrons. The Balaban J connectivity index is 1.81. The van der Waals surface area contributed by atoms with Gasteiger partial charge in [-0.2, -0.15) is 0 Å². The minimum atomic E-state index is 0.494. The average Bonchev–Trinajstić information content (AvgIpc) is 2.47. The van der Waals surface area contributed by atoms with Gasteiger partial charge in [-0.1, -0.05) is 61.5 Å². The van der Waals surface area contributed by atoms with E-state index in [0.29, 0.717) is 6.04 Å². The summed E-state index contributed by atoms with van der Waals surface area (Å²) in [4.78, 5) is 0. The van der Waals surface area contributed by atoms with Crippen LogP contribution in [0.25, 0.3) is 0 Å². The molecule has 0 saturated heterocycles. The third kappa shape index (κ3) is 4.53. The molecule has 1 heteroatoms. The summed E-state index contributed by atoms with van der Waals surface area (Å²) in [6, 6.07) is 20.0. The SMILES string of the molecule is CCc1ccc(CNC(C)Cc2ccccc2)cc1. The van der Waals surface area contributed by atoms with E-state index >= 15 is 0 Å².